The maximum atomic E-state index is 12.7. The van der Waals surface area contributed by atoms with E-state index in [1.807, 2.05) is 30.3 Å². The van der Waals surface area contributed by atoms with Crippen LogP contribution in [-0.2, 0) is 35.3 Å². The standard InChI is InChI=1S/C19H20ClNO5/c20-16-17(21-8-4-3-7-15(21)22)19(25-11-12-26-19)14-6-2-1-5-13(14)18(16)23-9-10-24-18/h1-2,4-6,8,16-17H,3,7,9-12H2. The summed E-state index contributed by atoms with van der Waals surface area (Å²) in [5.74, 6) is -2.25. The maximum absolute atomic E-state index is 12.7. The second-order valence-electron chi connectivity index (χ2n) is 6.85. The lowest BCUT2D eigenvalue weighted by Gasteiger charge is -2.52. The van der Waals surface area contributed by atoms with Crippen LogP contribution >= 0.6 is 11.6 Å². The predicted molar refractivity (Wildman–Crippen MR) is 92.3 cm³/mol. The van der Waals surface area contributed by atoms with E-state index < -0.39 is 23.0 Å². The number of ether oxygens (including phenoxy) is 4. The minimum Gasteiger partial charge on any atom is -0.342 e. The number of hydrogen-bond donors (Lipinski definition) is 0. The van der Waals surface area contributed by atoms with Crippen molar-refractivity contribution in [1.29, 1.82) is 0 Å². The van der Waals surface area contributed by atoms with Crippen LogP contribution in [0.4, 0.5) is 0 Å². The molecule has 4 aliphatic rings. The molecule has 138 valence electrons. The second kappa shape index (κ2) is 6.04. The lowest BCUT2D eigenvalue weighted by molar-refractivity contribution is -0.259. The zero-order valence-corrected chi connectivity index (χ0v) is 15.0. The number of fused-ring (bicyclic) bond motifs is 3. The van der Waals surface area contributed by atoms with E-state index in [0.717, 1.165) is 17.5 Å². The molecule has 3 heterocycles. The minimum absolute atomic E-state index is 0.00541. The number of hydrogen-bond acceptors (Lipinski definition) is 5. The average Bonchev–Trinajstić information content (AvgIpc) is 3.33. The van der Waals surface area contributed by atoms with Crippen LogP contribution in [0.3, 0.4) is 0 Å². The Labute approximate surface area is 156 Å². The summed E-state index contributed by atoms with van der Waals surface area (Å²) in [6.45, 7) is 1.77. The van der Waals surface area contributed by atoms with Gasteiger partial charge in [0.2, 0.25) is 17.5 Å². The molecule has 2 saturated heterocycles. The average molecular weight is 378 g/mol. The van der Waals surface area contributed by atoms with Crippen LogP contribution in [0.5, 0.6) is 0 Å². The fourth-order valence-electron chi connectivity index (χ4n) is 4.48. The van der Waals surface area contributed by atoms with E-state index in [9.17, 15) is 4.79 Å². The molecule has 0 radical (unpaired) electrons. The number of allylic oxidation sites excluding steroid dienone is 1. The van der Waals surface area contributed by atoms with Crippen molar-refractivity contribution < 1.29 is 23.7 Å². The van der Waals surface area contributed by atoms with Gasteiger partial charge in [-0.05, 0) is 6.42 Å². The largest absolute Gasteiger partial charge is 0.342 e. The molecule has 2 atom stereocenters. The number of alkyl halides is 1. The van der Waals surface area contributed by atoms with Crippen molar-refractivity contribution in [2.24, 2.45) is 0 Å². The van der Waals surface area contributed by atoms with E-state index in [1.165, 1.54) is 0 Å². The van der Waals surface area contributed by atoms with Crippen LogP contribution in [0.1, 0.15) is 24.0 Å². The van der Waals surface area contributed by atoms with Crippen LogP contribution in [0.2, 0.25) is 0 Å². The monoisotopic (exact) mass is 377 g/mol. The summed E-state index contributed by atoms with van der Waals surface area (Å²) in [4.78, 5) is 14.4. The molecule has 0 N–H and O–H groups in total. The summed E-state index contributed by atoms with van der Waals surface area (Å²) in [6.07, 6.45) is 4.91. The van der Waals surface area contributed by atoms with Crippen LogP contribution < -0.4 is 0 Å². The number of carbonyl (C=O) groups is 1. The van der Waals surface area contributed by atoms with Crippen molar-refractivity contribution in [1.82, 2.24) is 4.90 Å². The van der Waals surface area contributed by atoms with Crippen LogP contribution in [0.15, 0.2) is 36.5 Å². The first-order chi connectivity index (χ1) is 12.7. The van der Waals surface area contributed by atoms with Gasteiger partial charge in [0.15, 0.2) is 0 Å². The highest BCUT2D eigenvalue weighted by atomic mass is 35.5. The topological polar surface area (TPSA) is 57.2 Å². The summed E-state index contributed by atoms with van der Waals surface area (Å²) < 4.78 is 24.4. The molecule has 0 bridgehead atoms. The normalized spacial score (nSPS) is 31.7. The molecule has 2 spiro atoms. The van der Waals surface area contributed by atoms with Gasteiger partial charge in [0.25, 0.3) is 0 Å². The number of nitrogens with zero attached hydrogens (tertiary/aromatic N) is 1. The molecule has 6 nitrogen and oxygen atoms in total. The predicted octanol–water partition coefficient (Wildman–Crippen LogP) is 2.21. The van der Waals surface area contributed by atoms with Gasteiger partial charge in [-0.2, -0.15) is 0 Å². The van der Waals surface area contributed by atoms with Gasteiger partial charge in [0, 0.05) is 23.7 Å². The summed E-state index contributed by atoms with van der Waals surface area (Å²) in [5, 5.41) is -0.690. The fourth-order valence-corrected chi connectivity index (χ4v) is 5.01. The van der Waals surface area contributed by atoms with Crippen molar-refractivity contribution in [3.63, 3.8) is 0 Å². The molecular formula is C19H20ClNO5. The van der Waals surface area contributed by atoms with Gasteiger partial charge in [0.05, 0.1) is 26.4 Å². The molecule has 0 aromatic heterocycles. The Morgan fingerprint density at radius 2 is 1.54 bits per heavy atom. The van der Waals surface area contributed by atoms with E-state index in [0.29, 0.717) is 32.8 Å². The van der Waals surface area contributed by atoms with Gasteiger partial charge < -0.3 is 23.8 Å². The molecule has 26 heavy (non-hydrogen) atoms. The van der Waals surface area contributed by atoms with Gasteiger partial charge in [-0.1, -0.05) is 30.3 Å². The van der Waals surface area contributed by atoms with Crippen molar-refractivity contribution in [2.75, 3.05) is 26.4 Å². The first-order valence-corrected chi connectivity index (χ1v) is 9.40. The number of rotatable bonds is 1. The molecule has 1 aromatic rings. The highest BCUT2D eigenvalue weighted by Crippen LogP contribution is 2.55. The first kappa shape index (κ1) is 16.7. The zero-order valence-electron chi connectivity index (χ0n) is 14.2. The minimum atomic E-state index is -1.12. The van der Waals surface area contributed by atoms with Crippen LogP contribution in [0.25, 0.3) is 0 Å². The second-order valence-corrected chi connectivity index (χ2v) is 7.32. The van der Waals surface area contributed by atoms with Crippen molar-refractivity contribution in [2.45, 2.75) is 35.8 Å². The quantitative estimate of drug-likeness (QED) is 0.702. The third-order valence-electron chi connectivity index (χ3n) is 5.52. The molecule has 1 aliphatic carbocycles. The summed E-state index contributed by atoms with van der Waals surface area (Å²) in [5.41, 5.74) is 1.62. The maximum Gasteiger partial charge on any atom is 0.227 e. The number of halogens is 1. The Balaban J connectivity index is 1.74. The smallest absolute Gasteiger partial charge is 0.227 e. The van der Waals surface area contributed by atoms with Crippen LogP contribution in [0, 0.1) is 0 Å². The molecule has 1 amide bonds. The Hall–Kier alpha value is -1.44. The Kier molecular flexibility index (Phi) is 3.88. The first-order valence-electron chi connectivity index (χ1n) is 8.97. The van der Waals surface area contributed by atoms with Crippen molar-refractivity contribution in [3.05, 3.63) is 47.7 Å². The van der Waals surface area contributed by atoms with Gasteiger partial charge in [0.1, 0.15) is 11.4 Å². The third-order valence-corrected chi connectivity index (χ3v) is 6.04. The van der Waals surface area contributed by atoms with Crippen molar-refractivity contribution in [3.8, 4) is 0 Å². The van der Waals surface area contributed by atoms with E-state index in [1.54, 1.807) is 11.1 Å². The number of benzene rings is 1. The fraction of sp³-hybridized carbons (Fsp3) is 0.526. The molecule has 0 saturated carbocycles. The van der Waals surface area contributed by atoms with Gasteiger partial charge in [-0.25, -0.2) is 0 Å². The Morgan fingerprint density at radius 1 is 0.962 bits per heavy atom. The summed E-state index contributed by atoms with van der Waals surface area (Å²) in [6, 6.07) is 7.13. The van der Waals surface area contributed by atoms with E-state index in [-0.39, 0.29) is 5.91 Å². The van der Waals surface area contributed by atoms with E-state index >= 15 is 0 Å². The van der Waals surface area contributed by atoms with E-state index in [2.05, 4.69) is 0 Å². The Bertz CT molecular complexity index is 754. The lowest BCUT2D eigenvalue weighted by Crippen LogP contribution is -2.65. The van der Waals surface area contributed by atoms with Gasteiger partial charge in [-0.3, -0.25) is 4.79 Å². The SMILES string of the molecule is O=C1CCC=CN1C1C(Cl)C2(OCCO2)c2ccccc2C12OCCO2. The zero-order chi connectivity index (χ0) is 17.8. The number of carbonyl (C=O) groups excluding carboxylic acids is 1. The van der Waals surface area contributed by atoms with Gasteiger partial charge in [-0.15, -0.1) is 11.6 Å². The molecule has 7 heteroatoms. The molecule has 2 unspecified atom stereocenters. The summed E-state index contributed by atoms with van der Waals surface area (Å²) >= 11 is 7.00. The van der Waals surface area contributed by atoms with E-state index in [4.69, 9.17) is 30.5 Å². The van der Waals surface area contributed by atoms with Crippen molar-refractivity contribution >= 4 is 17.5 Å². The molecule has 2 fully saturated rings. The molecular weight excluding hydrogens is 358 g/mol. The molecule has 3 aliphatic heterocycles. The van der Waals surface area contributed by atoms with Crippen LogP contribution in [-0.4, -0.2) is 48.7 Å². The molecule has 1 aromatic carbocycles. The molecule has 5 rings (SSSR count). The summed E-state index contributed by atoms with van der Waals surface area (Å²) in [7, 11) is 0. The van der Waals surface area contributed by atoms with Gasteiger partial charge >= 0.3 is 0 Å². The third kappa shape index (κ3) is 2.11. The Morgan fingerprint density at radius 3 is 2.15 bits per heavy atom. The lowest BCUT2D eigenvalue weighted by atomic mass is 9.77. The number of amides is 1. The highest BCUT2D eigenvalue weighted by Gasteiger charge is 2.66. The highest BCUT2D eigenvalue weighted by molar-refractivity contribution is 6.22.